The van der Waals surface area contributed by atoms with Crippen molar-refractivity contribution < 1.29 is 14.6 Å². The highest BCUT2D eigenvalue weighted by Gasteiger charge is 2.19. The molecule has 0 aliphatic rings. The fourth-order valence-corrected chi connectivity index (χ4v) is 1.80. The molecule has 1 atom stereocenters. The van der Waals surface area contributed by atoms with Gasteiger partial charge < -0.3 is 9.84 Å². The normalized spacial score (nSPS) is 12.4. The highest BCUT2D eigenvalue weighted by molar-refractivity contribution is 6.30. The highest BCUT2D eigenvalue weighted by atomic mass is 35.5. The van der Waals surface area contributed by atoms with Crippen molar-refractivity contribution in [2.45, 2.75) is 25.7 Å². The number of carboxylic acids is 1. The van der Waals surface area contributed by atoms with Gasteiger partial charge in [-0.05, 0) is 30.5 Å². The van der Waals surface area contributed by atoms with Crippen LogP contribution in [0.4, 0.5) is 0 Å². The maximum Gasteiger partial charge on any atom is 0.311 e. The molecule has 1 N–H and O–H groups in total. The van der Waals surface area contributed by atoms with Crippen LogP contribution in [-0.4, -0.2) is 24.3 Å². The summed E-state index contributed by atoms with van der Waals surface area (Å²) in [4.78, 5) is 11.2. The molecule has 0 heterocycles. The topological polar surface area (TPSA) is 46.5 Å². The minimum absolute atomic E-state index is 0.456. The van der Waals surface area contributed by atoms with E-state index in [1.807, 2.05) is 6.92 Å². The summed E-state index contributed by atoms with van der Waals surface area (Å²) in [5, 5.41) is 9.73. The molecule has 94 valence electrons. The Labute approximate surface area is 106 Å². The van der Waals surface area contributed by atoms with Gasteiger partial charge in [-0.2, -0.15) is 0 Å². The lowest BCUT2D eigenvalue weighted by atomic mass is 9.96. The average Bonchev–Trinajstić information content (AvgIpc) is 2.28. The van der Waals surface area contributed by atoms with E-state index in [9.17, 15) is 9.90 Å². The Morgan fingerprint density at radius 2 is 2.24 bits per heavy atom. The second kappa shape index (κ2) is 7.30. The van der Waals surface area contributed by atoms with E-state index in [0.717, 1.165) is 12.0 Å². The van der Waals surface area contributed by atoms with E-state index in [1.54, 1.807) is 24.3 Å². The molecule has 0 radical (unpaired) electrons. The second-order valence-corrected chi connectivity index (χ2v) is 4.28. The number of rotatable bonds is 7. The van der Waals surface area contributed by atoms with Crippen LogP contribution < -0.4 is 0 Å². The summed E-state index contributed by atoms with van der Waals surface area (Å²) >= 11 is 5.85. The van der Waals surface area contributed by atoms with E-state index in [0.29, 0.717) is 24.7 Å². The standard InChI is InChI=1S/C13H17ClO3/c1-2-7-17-8-6-12(13(15)16)10-4-3-5-11(14)9-10/h3-5,9,12H,2,6-8H2,1H3,(H,15,16). The molecule has 17 heavy (non-hydrogen) atoms. The van der Waals surface area contributed by atoms with Crippen molar-refractivity contribution in [3.8, 4) is 0 Å². The first kappa shape index (κ1) is 14.0. The van der Waals surface area contributed by atoms with Gasteiger partial charge in [-0.1, -0.05) is 30.7 Å². The van der Waals surface area contributed by atoms with Crippen LogP contribution in [0, 0.1) is 0 Å². The third-order valence-corrected chi connectivity index (χ3v) is 2.68. The Morgan fingerprint density at radius 1 is 1.47 bits per heavy atom. The summed E-state index contributed by atoms with van der Waals surface area (Å²) in [6.07, 6.45) is 1.41. The third-order valence-electron chi connectivity index (χ3n) is 2.45. The summed E-state index contributed by atoms with van der Waals surface area (Å²) in [6.45, 7) is 3.14. The number of halogens is 1. The van der Waals surface area contributed by atoms with Crippen LogP contribution >= 0.6 is 11.6 Å². The second-order valence-electron chi connectivity index (χ2n) is 3.85. The van der Waals surface area contributed by atoms with Crippen molar-refractivity contribution in [3.63, 3.8) is 0 Å². The van der Waals surface area contributed by atoms with Crippen molar-refractivity contribution >= 4 is 17.6 Å². The molecule has 0 fully saturated rings. The molecule has 0 aliphatic heterocycles. The number of ether oxygens (including phenoxy) is 1. The van der Waals surface area contributed by atoms with Crippen LogP contribution in [0.25, 0.3) is 0 Å². The first-order valence-corrected chi connectivity index (χ1v) is 6.09. The van der Waals surface area contributed by atoms with Gasteiger partial charge >= 0.3 is 5.97 Å². The van der Waals surface area contributed by atoms with Crippen LogP contribution in [0.15, 0.2) is 24.3 Å². The Balaban J connectivity index is 2.63. The molecule has 3 nitrogen and oxygen atoms in total. The quantitative estimate of drug-likeness (QED) is 0.761. The van der Waals surface area contributed by atoms with E-state index >= 15 is 0 Å². The molecule has 4 heteroatoms. The fourth-order valence-electron chi connectivity index (χ4n) is 1.60. The van der Waals surface area contributed by atoms with E-state index in [1.165, 1.54) is 0 Å². The molecule has 0 aliphatic carbocycles. The summed E-state index contributed by atoms with van der Waals surface area (Å²) < 4.78 is 5.32. The fraction of sp³-hybridized carbons (Fsp3) is 0.462. The van der Waals surface area contributed by atoms with Gasteiger partial charge in [0.25, 0.3) is 0 Å². The first-order valence-electron chi connectivity index (χ1n) is 5.71. The summed E-state index contributed by atoms with van der Waals surface area (Å²) in [7, 11) is 0. The zero-order valence-electron chi connectivity index (χ0n) is 9.86. The lowest BCUT2D eigenvalue weighted by Gasteiger charge is -2.13. The summed E-state index contributed by atoms with van der Waals surface area (Å²) in [5.74, 6) is -1.39. The zero-order chi connectivity index (χ0) is 12.7. The zero-order valence-corrected chi connectivity index (χ0v) is 10.6. The molecule has 1 aromatic carbocycles. The van der Waals surface area contributed by atoms with Crippen LogP contribution in [0.1, 0.15) is 31.2 Å². The Morgan fingerprint density at radius 3 is 2.82 bits per heavy atom. The third kappa shape index (κ3) is 4.75. The maximum absolute atomic E-state index is 11.2. The average molecular weight is 257 g/mol. The minimum atomic E-state index is -0.840. The molecular formula is C13H17ClO3. The lowest BCUT2D eigenvalue weighted by Crippen LogP contribution is -2.14. The molecule has 0 bridgehead atoms. The van der Waals surface area contributed by atoms with Gasteiger partial charge in [0.05, 0.1) is 5.92 Å². The van der Waals surface area contributed by atoms with Gasteiger partial charge in [0.1, 0.15) is 0 Å². The minimum Gasteiger partial charge on any atom is -0.481 e. The van der Waals surface area contributed by atoms with Gasteiger partial charge in [0, 0.05) is 18.2 Å². The maximum atomic E-state index is 11.2. The van der Waals surface area contributed by atoms with Crippen LogP contribution in [0.5, 0.6) is 0 Å². The number of carboxylic acid groups (broad SMARTS) is 1. The molecule has 0 amide bonds. The van der Waals surface area contributed by atoms with Crippen molar-refractivity contribution in [2.75, 3.05) is 13.2 Å². The molecule has 1 aromatic rings. The van der Waals surface area contributed by atoms with Crippen molar-refractivity contribution in [2.24, 2.45) is 0 Å². The van der Waals surface area contributed by atoms with Gasteiger partial charge in [0.2, 0.25) is 0 Å². The number of hydrogen-bond acceptors (Lipinski definition) is 2. The molecule has 0 spiro atoms. The number of aliphatic carboxylic acids is 1. The Hall–Kier alpha value is -1.06. The first-order chi connectivity index (χ1) is 8.15. The van der Waals surface area contributed by atoms with Crippen molar-refractivity contribution in [3.05, 3.63) is 34.9 Å². The largest absolute Gasteiger partial charge is 0.481 e. The van der Waals surface area contributed by atoms with E-state index < -0.39 is 11.9 Å². The predicted molar refractivity (Wildman–Crippen MR) is 67.6 cm³/mol. The molecule has 0 saturated carbocycles. The van der Waals surface area contributed by atoms with Crippen LogP contribution in [0.3, 0.4) is 0 Å². The van der Waals surface area contributed by atoms with Gasteiger partial charge in [0.15, 0.2) is 0 Å². The SMILES string of the molecule is CCCOCCC(C(=O)O)c1cccc(Cl)c1. The molecule has 0 aromatic heterocycles. The number of carbonyl (C=O) groups is 1. The van der Waals surface area contributed by atoms with Gasteiger partial charge in [-0.15, -0.1) is 0 Å². The molecule has 0 saturated heterocycles. The highest BCUT2D eigenvalue weighted by Crippen LogP contribution is 2.23. The Bertz CT molecular complexity index is 365. The lowest BCUT2D eigenvalue weighted by molar-refractivity contribution is -0.139. The van der Waals surface area contributed by atoms with E-state index in [2.05, 4.69) is 0 Å². The van der Waals surface area contributed by atoms with Crippen LogP contribution in [-0.2, 0) is 9.53 Å². The van der Waals surface area contributed by atoms with Gasteiger partial charge in [-0.25, -0.2) is 0 Å². The van der Waals surface area contributed by atoms with Crippen LogP contribution in [0.2, 0.25) is 5.02 Å². The van der Waals surface area contributed by atoms with E-state index in [4.69, 9.17) is 16.3 Å². The summed E-state index contributed by atoms with van der Waals surface area (Å²) in [5.41, 5.74) is 0.727. The molecule has 1 unspecified atom stereocenters. The smallest absolute Gasteiger partial charge is 0.311 e. The monoisotopic (exact) mass is 256 g/mol. The number of benzene rings is 1. The van der Waals surface area contributed by atoms with Crippen molar-refractivity contribution in [1.29, 1.82) is 0 Å². The van der Waals surface area contributed by atoms with Crippen molar-refractivity contribution in [1.82, 2.24) is 0 Å². The summed E-state index contributed by atoms with van der Waals surface area (Å²) in [6, 6.07) is 6.97. The van der Waals surface area contributed by atoms with E-state index in [-0.39, 0.29) is 0 Å². The van der Waals surface area contributed by atoms with Gasteiger partial charge in [-0.3, -0.25) is 4.79 Å². The number of hydrogen-bond donors (Lipinski definition) is 1. The molecular weight excluding hydrogens is 240 g/mol. The Kier molecular flexibility index (Phi) is 6.01. The predicted octanol–water partition coefficient (Wildman–Crippen LogP) is 3.32. The molecule has 1 rings (SSSR count).